The first-order valence-corrected chi connectivity index (χ1v) is 25.7. The zero-order valence-corrected chi connectivity index (χ0v) is 42.7. The van der Waals surface area contributed by atoms with E-state index >= 15 is 0 Å². The number of carbonyl (C=O) groups is 2. The minimum Gasteiger partial charge on any atom is -0.458 e. The molecule has 0 aromatic heterocycles. The molecule has 4 heterocycles. The van der Waals surface area contributed by atoms with Crippen molar-refractivity contribution in [2.45, 2.75) is 236 Å². The van der Waals surface area contributed by atoms with E-state index in [9.17, 15) is 24.9 Å². The second kappa shape index (κ2) is 21.5. The number of ether oxygens (including phenoxy) is 12. The normalized spacial score (nSPS) is 49.2. The number of esters is 1. The Morgan fingerprint density at radius 1 is 0.725 bits per heavy atom. The minimum atomic E-state index is -1.15. The lowest BCUT2D eigenvalue weighted by Crippen LogP contribution is -2.66. The SMILES string of the molecule is C/C=C(\C)C(=O)O[C@@H]1CC2C(CC=C3C[C@@H](OC4CC(OC)C(OC5CC(OC)C(OC6CC(O)C(OC7CC(OC)C(O)C(C)O7)C(C)O6)CO5)C(C)O4)CC[C@@]32C)[C@@]2(O)CC[C@H](C(C)=O)[C@@]12C. The number of carbonyl (C=O) groups excluding carboxylic acids is 2. The number of fused-ring (bicyclic) bond motifs is 5. The Morgan fingerprint density at radius 2 is 1.35 bits per heavy atom. The van der Waals surface area contributed by atoms with Crippen molar-refractivity contribution < 1.29 is 81.8 Å². The lowest BCUT2D eigenvalue weighted by atomic mass is 9.45. The molecule has 0 radical (unpaired) electrons. The topological polar surface area (TPSA) is 206 Å². The van der Waals surface area contributed by atoms with Crippen LogP contribution in [0.1, 0.15) is 126 Å². The van der Waals surface area contributed by atoms with Crippen molar-refractivity contribution in [2.75, 3.05) is 27.9 Å². The van der Waals surface area contributed by atoms with Gasteiger partial charge in [-0.3, -0.25) is 4.79 Å². The summed E-state index contributed by atoms with van der Waals surface area (Å²) >= 11 is 0. The van der Waals surface area contributed by atoms with Gasteiger partial charge in [0, 0.05) is 63.9 Å². The first kappa shape index (κ1) is 53.4. The Kier molecular flexibility index (Phi) is 16.6. The fraction of sp³-hybridized carbons (Fsp3) is 0.885. The van der Waals surface area contributed by atoms with Gasteiger partial charge in [0.1, 0.15) is 36.3 Å². The van der Waals surface area contributed by atoms with Gasteiger partial charge in [-0.2, -0.15) is 0 Å². The quantitative estimate of drug-likeness (QED) is 0.116. The van der Waals surface area contributed by atoms with Gasteiger partial charge >= 0.3 is 5.97 Å². The van der Waals surface area contributed by atoms with E-state index in [-0.39, 0.29) is 66.4 Å². The van der Waals surface area contributed by atoms with Gasteiger partial charge in [0.25, 0.3) is 0 Å². The highest BCUT2D eigenvalue weighted by Crippen LogP contribution is 2.68. The maximum atomic E-state index is 13.3. The third-order valence-electron chi connectivity index (χ3n) is 18.2. The van der Waals surface area contributed by atoms with Gasteiger partial charge in [-0.05, 0) is 104 Å². The molecule has 0 aromatic carbocycles. The van der Waals surface area contributed by atoms with Crippen LogP contribution in [0.5, 0.6) is 0 Å². The third kappa shape index (κ3) is 10.2. The van der Waals surface area contributed by atoms with Crippen LogP contribution in [-0.2, 0) is 66.4 Å². The number of Topliss-reactive ketones (excluding diaryl/α,β-unsaturated/α-hetero) is 1. The van der Waals surface area contributed by atoms with Crippen LogP contribution in [0.25, 0.3) is 0 Å². The fourth-order valence-corrected chi connectivity index (χ4v) is 13.9. The number of aliphatic hydroxyl groups is 3. The molecule has 8 aliphatic rings. The minimum absolute atomic E-state index is 0.0391. The van der Waals surface area contributed by atoms with Crippen LogP contribution >= 0.6 is 0 Å². The van der Waals surface area contributed by atoms with E-state index in [2.05, 4.69) is 13.0 Å². The molecule has 3 N–H and O–H groups in total. The average Bonchev–Trinajstić information content (AvgIpc) is 3.61. The molecule has 0 bridgehead atoms. The van der Waals surface area contributed by atoms with Crippen LogP contribution < -0.4 is 0 Å². The van der Waals surface area contributed by atoms with Crippen LogP contribution in [0.2, 0.25) is 0 Å². The Labute approximate surface area is 408 Å². The van der Waals surface area contributed by atoms with E-state index in [4.69, 9.17) is 56.8 Å². The highest BCUT2D eigenvalue weighted by molar-refractivity contribution is 5.88. The van der Waals surface area contributed by atoms with Crippen molar-refractivity contribution >= 4 is 11.8 Å². The van der Waals surface area contributed by atoms with Crippen molar-refractivity contribution in [3.05, 3.63) is 23.3 Å². The summed E-state index contributed by atoms with van der Waals surface area (Å²) in [6.45, 7) is 15.2. The highest BCUT2D eigenvalue weighted by Gasteiger charge is 2.71. The largest absolute Gasteiger partial charge is 0.458 e. The maximum Gasteiger partial charge on any atom is 0.333 e. The van der Waals surface area contributed by atoms with E-state index in [0.717, 1.165) is 19.3 Å². The third-order valence-corrected chi connectivity index (χ3v) is 18.2. The Bertz CT molecular complexity index is 1850. The predicted octanol–water partition coefficient (Wildman–Crippen LogP) is 5.22. The number of hydrogen-bond donors (Lipinski definition) is 3. The standard InChI is InChI=1S/C52H82O17/c1-12-26(2)49(56)67-41-20-35-34(52(57)18-16-33(27(3)53)51(41,52)8)14-13-31-19-32(15-17-50(31,35)7)65-44-24-39(60-11)48(30(6)64-44)68-42-22-37(58-9)40(25-61-42)66-43-21-36(54)47(29(5)63-43)69-45-23-38(59-10)46(55)28(4)62-45/h12-13,28-30,32-48,54-55,57H,14-25H2,1-11H3/b26-12+/t28?,29?,30?,32-,33+,34?,35?,36?,37?,38?,39?,40?,41+,42?,43?,44?,45?,46?,47?,48?,50-,51-,52-/m0/s1. The molecule has 8 rings (SSSR count). The van der Waals surface area contributed by atoms with Crippen molar-refractivity contribution in [3.8, 4) is 0 Å². The zero-order chi connectivity index (χ0) is 49.7. The number of rotatable bonds is 14. The molecule has 0 aromatic rings. The smallest absolute Gasteiger partial charge is 0.333 e. The van der Waals surface area contributed by atoms with E-state index in [1.807, 2.05) is 27.7 Å². The molecule has 17 heteroatoms. The van der Waals surface area contributed by atoms with Gasteiger partial charge in [-0.1, -0.05) is 31.6 Å². The molecule has 0 spiro atoms. The number of aliphatic hydroxyl groups excluding tert-OH is 2. The first-order chi connectivity index (χ1) is 32.8. The van der Waals surface area contributed by atoms with Crippen LogP contribution in [0.15, 0.2) is 23.3 Å². The van der Waals surface area contributed by atoms with Gasteiger partial charge in [-0.15, -0.1) is 0 Å². The molecule has 17 nitrogen and oxygen atoms in total. The maximum absolute atomic E-state index is 13.3. The van der Waals surface area contributed by atoms with Crippen LogP contribution in [-0.4, -0.2) is 165 Å². The van der Waals surface area contributed by atoms with Crippen LogP contribution in [0, 0.1) is 28.6 Å². The first-order valence-electron chi connectivity index (χ1n) is 25.7. The lowest BCUT2D eigenvalue weighted by molar-refractivity contribution is -0.336. The number of hydrogen-bond acceptors (Lipinski definition) is 17. The summed E-state index contributed by atoms with van der Waals surface area (Å²) in [5, 5.41) is 34.4. The molecule has 17 unspecified atom stereocenters. The molecule has 69 heavy (non-hydrogen) atoms. The summed E-state index contributed by atoms with van der Waals surface area (Å²) in [5.74, 6) is -0.731. The Balaban J connectivity index is 0.838. The van der Waals surface area contributed by atoms with Crippen molar-refractivity contribution in [1.29, 1.82) is 0 Å². The molecule has 0 amide bonds. The summed E-state index contributed by atoms with van der Waals surface area (Å²) < 4.78 is 74.4. The molecule has 7 fully saturated rings. The Hall–Kier alpha value is -1.94. The van der Waals surface area contributed by atoms with Crippen molar-refractivity contribution in [1.82, 2.24) is 0 Å². The van der Waals surface area contributed by atoms with Gasteiger partial charge in [0.15, 0.2) is 25.2 Å². The van der Waals surface area contributed by atoms with Gasteiger partial charge in [-0.25, -0.2) is 4.79 Å². The summed E-state index contributed by atoms with van der Waals surface area (Å²) in [6, 6.07) is 0. The fourth-order valence-electron chi connectivity index (χ4n) is 13.9. The molecule has 392 valence electrons. The molecule has 4 aliphatic heterocycles. The summed E-state index contributed by atoms with van der Waals surface area (Å²) in [5.41, 5.74) is -0.444. The zero-order valence-electron chi connectivity index (χ0n) is 42.7. The molecule has 23 atom stereocenters. The van der Waals surface area contributed by atoms with Crippen molar-refractivity contribution in [3.63, 3.8) is 0 Å². The average molecular weight is 979 g/mol. The van der Waals surface area contributed by atoms with E-state index in [0.29, 0.717) is 50.5 Å². The van der Waals surface area contributed by atoms with Gasteiger partial charge in [0.2, 0.25) is 0 Å². The summed E-state index contributed by atoms with van der Waals surface area (Å²) in [4.78, 5) is 26.4. The second-order valence-electron chi connectivity index (χ2n) is 21.9. The van der Waals surface area contributed by atoms with Gasteiger partial charge in [0.05, 0.1) is 61.0 Å². The van der Waals surface area contributed by atoms with E-state index < -0.39 is 97.1 Å². The van der Waals surface area contributed by atoms with E-state index in [1.165, 1.54) is 5.57 Å². The molecule has 3 saturated carbocycles. The second-order valence-corrected chi connectivity index (χ2v) is 21.9. The molecular formula is C52H82O17. The number of allylic oxidation sites excluding steroid dienone is 2. The van der Waals surface area contributed by atoms with E-state index in [1.54, 1.807) is 48.2 Å². The number of methoxy groups -OCH3 is 3. The highest BCUT2D eigenvalue weighted by atomic mass is 16.8. The van der Waals surface area contributed by atoms with Crippen LogP contribution in [0.3, 0.4) is 0 Å². The summed E-state index contributed by atoms with van der Waals surface area (Å²) in [7, 11) is 4.83. The van der Waals surface area contributed by atoms with Gasteiger partial charge < -0.3 is 72.2 Å². The summed E-state index contributed by atoms with van der Waals surface area (Å²) in [6.07, 6.45) is 1.07. The van der Waals surface area contributed by atoms with Crippen molar-refractivity contribution in [2.24, 2.45) is 28.6 Å². The lowest BCUT2D eigenvalue weighted by Gasteiger charge is -2.63. The molecule has 4 aliphatic carbocycles. The predicted molar refractivity (Wildman–Crippen MR) is 247 cm³/mol. The Morgan fingerprint density at radius 3 is 2.01 bits per heavy atom. The number of ketones is 1. The molecular weight excluding hydrogens is 897 g/mol. The van der Waals surface area contributed by atoms with Crippen LogP contribution in [0.4, 0.5) is 0 Å². The molecule has 4 saturated heterocycles. The monoisotopic (exact) mass is 979 g/mol.